The number of anilines is 1. The Morgan fingerprint density at radius 1 is 1.48 bits per heavy atom. The number of nitrogens with zero attached hydrogens (tertiary/aromatic N) is 3. The van der Waals surface area contributed by atoms with E-state index in [1.165, 1.54) is 11.3 Å². The number of carbonyl (C=O) groups is 1. The van der Waals surface area contributed by atoms with Gasteiger partial charge in [-0.1, -0.05) is 17.7 Å². The number of nitrogens with one attached hydrogen (secondary N) is 2. The van der Waals surface area contributed by atoms with E-state index in [4.69, 9.17) is 11.6 Å². The number of fused-ring (bicyclic) bond motifs is 1. The molecule has 3 heterocycles. The Morgan fingerprint density at radius 2 is 2.34 bits per heavy atom. The first-order chi connectivity index (χ1) is 14.0. The van der Waals surface area contributed by atoms with Gasteiger partial charge in [0.25, 0.3) is 0 Å². The van der Waals surface area contributed by atoms with Crippen molar-refractivity contribution >= 4 is 44.9 Å². The largest absolute Gasteiger partial charge is 0.478 e. The van der Waals surface area contributed by atoms with E-state index in [1.54, 1.807) is 18.3 Å². The van der Waals surface area contributed by atoms with Crippen LogP contribution in [-0.4, -0.2) is 64.7 Å². The van der Waals surface area contributed by atoms with Gasteiger partial charge in [-0.05, 0) is 25.1 Å². The van der Waals surface area contributed by atoms with Crippen molar-refractivity contribution in [1.29, 1.82) is 0 Å². The minimum absolute atomic E-state index is 0.277. The molecule has 152 valence electrons. The maximum atomic E-state index is 11.5. The molecule has 1 fully saturated rings. The molecule has 1 aliphatic rings. The van der Waals surface area contributed by atoms with E-state index in [0.29, 0.717) is 28.1 Å². The molecule has 0 spiro atoms. The number of rotatable bonds is 6. The lowest BCUT2D eigenvalue weighted by Crippen LogP contribution is -2.50. The monoisotopic (exact) mass is 431 g/mol. The number of aromatic carboxylic acids is 1. The van der Waals surface area contributed by atoms with Crippen LogP contribution in [0.1, 0.15) is 17.3 Å². The zero-order valence-electron chi connectivity index (χ0n) is 16.0. The van der Waals surface area contributed by atoms with E-state index in [9.17, 15) is 9.90 Å². The molecular formula is C20H22ClN5O2S. The fourth-order valence-electron chi connectivity index (χ4n) is 3.52. The van der Waals surface area contributed by atoms with Crippen LogP contribution < -0.4 is 10.6 Å². The summed E-state index contributed by atoms with van der Waals surface area (Å²) >= 11 is 7.83. The summed E-state index contributed by atoms with van der Waals surface area (Å²) in [6.07, 6.45) is 1.59. The molecule has 0 aliphatic carbocycles. The summed E-state index contributed by atoms with van der Waals surface area (Å²) in [5, 5.41) is 17.2. The van der Waals surface area contributed by atoms with Crippen molar-refractivity contribution in [1.82, 2.24) is 20.2 Å². The fraction of sp³-hybridized carbons (Fsp3) is 0.350. The van der Waals surface area contributed by atoms with Crippen molar-refractivity contribution in [2.75, 3.05) is 38.0 Å². The highest BCUT2D eigenvalue weighted by atomic mass is 35.5. The van der Waals surface area contributed by atoms with Gasteiger partial charge in [-0.15, -0.1) is 11.3 Å². The van der Waals surface area contributed by atoms with Crippen LogP contribution in [-0.2, 0) is 0 Å². The number of carboxylic acids is 1. The van der Waals surface area contributed by atoms with Crippen LogP contribution in [0.15, 0.2) is 30.5 Å². The Labute approximate surface area is 177 Å². The second kappa shape index (κ2) is 8.62. The van der Waals surface area contributed by atoms with Crippen molar-refractivity contribution in [2.45, 2.75) is 13.0 Å². The number of piperazine rings is 1. The second-order valence-electron chi connectivity index (χ2n) is 7.04. The summed E-state index contributed by atoms with van der Waals surface area (Å²) in [6.45, 7) is 6.91. The molecule has 2 aromatic heterocycles. The molecular weight excluding hydrogens is 410 g/mol. The van der Waals surface area contributed by atoms with Crippen molar-refractivity contribution in [3.8, 4) is 10.6 Å². The van der Waals surface area contributed by atoms with E-state index in [0.717, 1.165) is 42.3 Å². The number of hydrogen-bond donors (Lipinski definition) is 3. The SMILES string of the molecule is C[C@@H]1CNCCN1CCNc1ncc(Cl)c(-c2cc3c(C(=O)O)cccc3s2)n1. The van der Waals surface area contributed by atoms with Gasteiger partial charge in [0.15, 0.2) is 0 Å². The predicted molar refractivity (Wildman–Crippen MR) is 117 cm³/mol. The van der Waals surface area contributed by atoms with Crippen LogP contribution in [0.5, 0.6) is 0 Å². The number of hydrogen-bond acceptors (Lipinski definition) is 7. The molecule has 29 heavy (non-hydrogen) atoms. The predicted octanol–water partition coefficient (Wildman–Crippen LogP) is 3.42. The first kappa shape index (κ1) is 20.0. The van der Waals surface area contributed by atoms with Crippen molar-refractivity contribution < 1.29 is 9.90 Å². The zero-order valence-corrected chi connectivity index (χ0v) is 17.6. The molecule has 0 radical (unpaired) electrons. The van der Waals surface area contributed by atoms with Crippen LogP contribution in [0.2, 0.25) is 5.02 Å². The van der Waals surface area contributed by atoms with Gasteiger partial charge in [-0.3, -0.25) is 4.90 Å². The van der Waals surface area contributed by atoms with E-state index < -0.39 is 5.97 Å². The zero-order chi connectivity index (χ0) is 20.4. The highest BCUT2D eigenvalue weighted by Gasteiger charge is 2.18. The standard InChI is InChI=1S/C20H22ClN5O2S/c1-12-10-22-5-7-26(12)8-6-23-20-24-11-15(21)18(25-20)17-9-14-13(19(27)28)3-2-4-16(14)29-17/h2-4,9,11-12,22H,5-8,10H2,1H3,(H,27,28)(H,23,24,25)/t12-/m1/s1. The third-order valence-electron chi connectivity index (χ3n) is 5.09. The Balaban J connectivity index is 1.53. The highest BCUT2D eigenvalue weighted by Crippen LogP contribution is 2.37. The van der Waals surface area contributed by atoms with E-state index in [2.05, 4.69) is 32.4 Å². The topological polar surface area (TPSA) is 90.4 Å². The van der Waals surface area contributed by atoms with E-state index in [1.807, 2.05) is 12.1 Å². The van der Waals surface area contributed by atoms with E-state index >= 15 is 0 Å². The molecule has 0 amide bonds. The molecule has 3 N–H and O–H groups in total. The van der Waals surface area contributed by atoms with Crippen molar-refractivity contribution in [2.24, 2.45) is 0 Å². The van der Waals surface area contributed by atoms with Crippen molar-refractivity contribution in [3.63, 3.8) is 0 Å². The third-order valence-corrected chi connectivity index (χ3v) is 6.47. The van der Waals surface area contributed by atoms with Gasteiger partial charge in [0.2, 0.25) is 5.95 Å². The Kier molecular flexibility index (Phi) is 5.96. The molecule has 0 bridgehead atoms. The minimum atomic E-state index is -0.946. The normalized spacial score (nSPS) is 17.5. The number of carboxylic acid groups (broad SMARTS) is 1. The molecule has 1 atom stereocenters. The molecule has 1 aromatic carbocycles. The minimum Gasteiger partial charge on any atom is -0.478 e. The molecule has 3 aromatic rings. The Bertz CT molecular complexity index is 1040. The van der Waals surface area contributed by atoms with E-state index in [-0.39, 0.29) is 5.56 Å². The lowest BCUT2D eigenvalue weighted by atomic mass is 10.1. The smallest absolute Gasteiger partial charge is 0.336 e. The molecule has 1 aliphatic heterocycles. The van der Waals surface area contributed by atoms with Crippen molar-refractivity contribution in [3.05, 3.63) is 41.0 Å². The molecule has 0 saturated carbocycles. The average Bonchev–Trinajstić information content (AvgIpc) is 3.14. The fourth-order valence-corrected chi connectivity index (χ4v) is 4.86. The van der Waals surface area contributed by atoms with Crippen LogP contribution in [0.25, 0.3) is 20.7 Å². The first-order valence-electron chi connectivity index (χ1n) is 9.50. The summed E-state index contributed by atoms with van der Waals surface area (Å²) < 4.78 is 0.886. The molecule has 4 rings (SSSR count). The van der Waals surface area contributed by atoms with Gasteiger partial charge in [-0.2, -0.15) is 0 Å². The summed E-state index contributed by atoms with van der Waals surface area (Å²) in [7, 11) is 0. The van der Waals surface area contributed by atoms with Crippen LogP contribution in [0, 0.1) is 0 Å². The van der Waals surface area contributed by atoms with Crippen LogP contribution in [0.4, 0.5) is 5.95 Å². The van der Waals surface area contributed by atoms with Gasteiger partial charge in [0.1, 0.15) is 5.69 Å². The number of thiophene rings is 1. The van der Waals surface area contributed by atoms with Crippen LogP contribution >= 0.6 is 22.9 Å². The lowest BCUT2D eigenvalue weighted by Gasteiger charge is -2.33. The van der Waals surface area contributed by atoms with Gasteiger partial charge < -0.3 is 15.7 Å². The average molecular weight is 432 g/mol. The van der Waals surface area contributed by atoms with Gasteiger partial charge in [-0.25, -0.2) is 14.8 Å². The Morgan fingerprint density at radius 3 is 3.14 bits per heavy atom. The summed E-state index contributed by atoms with van der Waals surface area (Å²) in [4.78, 5) is 23.6. The number of halogens is 1. The molecule has 1 saturated heterocycles. The summed E-state index contributed by atoms with van der Waals surface area (Å²) in [5.74, 6) is -0.429. The highest BCUT2D eigenvalue weighted by molar-refractivity contribution is 7.22. The second-order valence-corrected chi connectivity index (χ2v) is 8.53. The molecule has 0 unspecified atom stereocenters. The molecule has 9 heteroatoms. The first-order valence-corrected chi connectivity index (χ1v) is 10.7. The summed E-state index contributed by atoms with van der Waals surface area (Å²) in [6, 6.07) is 7.60. The van der Waals surface area contributed by atoms with Gasteiger partial charge in [0, 0.05) is 48.9 Å². The lowest BCUT2D eigenvalue weighted by molar-refractivity contribution is 0.0699. The number of benzene rings is 1. The van der Waals surface area contributed by atoms with Crippen LogP contribution in [0.3, 0.4) is 0 Å². The third kappa shape index (κ3) is 4.35. The van der Waals surface area contributed by atoms with Gasteiger partial charge >= 0.3 is 5.97 Å². The number of aromatic nitrogens is 2. The quantitative estimate of drug-likeness (QED) is 0.550. The molecule has 7 nitrogen and oxygen atoms in total. The maximum Gasteiger partial charge on any atom is 0.336 e. The van der Waals surface area contributed by atoms with Gasteiger partial charge in [0.05, 0.1) is 21.7 Å². The summed E-state index contributed by atoms with van der Waals surface area (Å²) in [5.41, 5.74) is 0.885. The Hall–Kier alpha value is -2.26. The maximum absolute atomic E-state index is 11.5.